The van der Waals surface area contributed by atoms with Crippen molar-refractivity contribution in [3.63, 3.8) is 0 Å². The van der Waals surface area contributed by atoms with Crippen molar-refractivity contribution in [1.29, 1.82) is 0 Å². The van der Waals surface area contributed by atoms with E-state index in [0.717, 1.165) is 32.2 Å². The van der Waals surface area contributed by atoms with E-state index in [4.69, 9.17) is 4.74 Å². The van der Waals surface area contributed by atoms with Gasteiger partial charge in [-0.1, -0.05) is 0 Å². The minimum absolute atomic E-state index is 0.347. The fraction of sp³-hybridized carbons (Fsp3) is 0.846. The van der Waals surface area contributed by atoms with Gasteiger partial charge in [-0.05, 0) is 40.7 Å². The first-order chi connectivity index (χ1) is 8.26. The second-order valence-electron chi connectivity index (χ2n) is 6.08. The number of likely N-dealkylation sites (tertiary alicyclic amines) is 1. The first-order valence-electron chi connectivity index (χ1n) is 6.40. The first kappa shape index (κ1) is 15.0. The molecule has 104 valence electrons. The Hall–Kier alpha value is -1.10. The van der Waals surface area contributed by atoms with E-state index in [9.17, 15) is 9.59 Å². The number of carbonyl (C=O) groups excluding carboxylic acids is 2. The molecule has 0 aromatic carbocycles. The van der Waals surface area contributed by atoms with Gasteiger partial charge < -0.3 is 19.7 Å². The molecule has 1 aliphatic rings. The zero-order valence-corrected chi connectivity index (χ0v) is 11.8. The van der Waals surface area contributed by atoms with Crippen LogP contribution in [0.25, 0.3) is 0 Å². The molecule has 1 amide bonds. The lowest BCUT2D eigenvalue weighted by molar-refractivity contribution is -0.109. The van der Waals surface area contributed by atoms with E-state index in [1.54, 1.807) is 0 Å². The molecule has 0 aliphatic carbocycles. The zero-order valence-electron chi connectivity index (χ0n) is 11.8. The van der Waals surface area contributed by atoms with Crippen LogP contribution in [-0.2, 0) is 9.53 Å². The third kappa shape index (κ3) is 4.64. The molecule has 0 atom stereocenters. The van der Waals surface area contributed by atoms with Crippen LogP contribution in [0, 0.1) is 0 Å². The molecule has 0 unspecified atom stereocenters. The van der Waals surface area contributed by atoms with Crippen molar-refractivity contribution in [1.82, 2.24) is 10.2 Å². The summed E-state index contributed by atoms with van der Waals surface area (Å²) in [6.07, 6.45) is 2.35. The standard InChI is InChI=1S/C13H24N2O3/c1-12(2,3)18-11(17)14-13(7-10-16)5-8-15(4)9-6-13/h10H,5-9H2,1-4H3,(H,14,17). The molecule has 1 aliphatic heterocycles. The van der Waals surface area contributed by atoms with Gasteiger partial charge >= 0.3 is 6.09 Å². The van der Waals surface area contributed by atoms with Crippen LogP contribution >= 0.6 is 0 Å². The van der Waals surface area contributed by atoms with E-state index in [1.807, 2.05) is 27.8 Å². The lowest BCUT2D eigenvalue weighted by Gasteiger charge is -2.40. The van der Waals surface area contributed by atoms with Gasteiger partial charge in [0.1, 0.15) is 11.9 Å². The molecule has 1 saturated heterocycles. The summed E-state index contributed by atoms with van der Waals surface area (Å²) in [5, 5.41) is 2.89. The van der Waals surface area contributed by atoms with E-state index < -0.39 is 17.2 Å². The Morgan fingerprint density at radius 1 is 1.39 bits per heavy atom. The molecule has 0 saturated carbocycles. The fourth-order valence-corrected chi connectivity index (χ4v) is 2.11. The highest BCUT2D eigenvalue weighted by Gasteiger charge is 2.36. The first-order valence-corrected chi connectivity index (χ1v) is 6.40. The second kappa shape index (κ2) is 5.69. The molecule has 1 N–H and O–H groups in total. The number of hydrogen-bond acceptors (Lipinski definition) is 4. The highest BCUT2D eigenvalue weighted by molar-refractivity contribution is 5.69. The maximum absolute atomic E-state index is 11.8. The summed E-state index contributed by atoms with van der Waals surface area (Å²) in [7, 11) is 2.04. The van der Waals surface area contributed by atoms with Crippen LogP contribution in [0.2, 0.25) is 0 Å². The van der Waals surface area contributed by atoms with Gasteiger partial charge in [-0.3, -0.25) is 0 Å². The fourth-order valence-electron chi connectivity index (χ4n) is 2.11. The van der Waals surface area contributed by atoms with Crippen LogP contribution in [0.5, 0.6) is 0 Å². The Labute approximate surface area is 109 Å². The van der Waals surface area contributed by atoms with Gasteiger partial charge in [0.05, 0.1) is 5.54 Å². The summed E-state index contributed by atoms with van der Waals surface area (Å²) >= 11 is 0. The molecule has 1 heterocycles. The molecule has 18 heavy (non-hydrogen) atoms. The summed E-state index contributed by atoms with van der Waals surface area (Å²) < 4.78 is 5.26. The van der Waals surface area contributed by atoms with Crippen molar-refractivity contribution in [2.24, 2.45) is 0 Å². The molecular formula is C13H24N2O3. The number of aldehydes is 1. The number of nitrogens with one attached hydrogen (secondary N) is 1. The minimum atomic E-state index is -0.516. The van der Waals surface area contributed by atoms with E-state index in [2.05, 4.69) is 10.2 Å². The zero-order chi connectivity index (χ0) is 13.8. The van der Waals surface area contributed by atoms with Crippen LogP contribution < -0.4 is 5.32 Å². The summed E-state index contributed by atoms with van der Waals surface area (Å²) in [5.74, 6) is 0. The molecule has 0 spiro atoms. The molecule has 1 fully saturated rings. The summed E-state index contributed by atoms with van der Waals surface area (Å²) in [5.41, 5.74) is -0.950. The van der Waals surface area contributed by atoms with Crippen LogP contribution in [0.3, 0.4) is 0 Å². The molecule has 0 bridgehead atoms. The van der Waals surface area contributed by atoms with Crippen molar-refractivity contribution >= 4 is 12.4 Å². The molecule has 0 radical (unpaired) electrons. The third-order valence-electron chi connectivity index (χ3n) is 3.18. The lowest BCUT2D eigenvalue weighted by atomic mass is 9.85. The quantitative estimate of drug-likeness (QED) is 0.779. The predicted molar refractivity (Wildman–Crippen MR) is 69.5 cm³/mol. The Morgan fingerprint density at radius 3 is 2.39 bits per heavy atom. The van der Waals surface area contributed by atoms with Gasteiger partial charge in [-0.2, -0.15) is 0 Å². The van der Waals surface area contributed by atoms with E-state index >= 15 is 0 Å². The number of rotatable bonds is 3. The summed E-state index contributed by atoms with van der Waals surface area (Å²) in [6.45, 7) is 7.24. The number of alkyl carbamates (subject to hydrolysis) is 1. The topological polar surface area (TPSA) is 58.6 Å². The van der Waals surface area contributed by atoms with Crippen LogP contribution in [0.1, 0.15) is 40.0 Å². The summed E-state index contributed by atoms with van der Waals surface area (Å²) in [4.78, 5) is 24.8. The van der Waals surface area contributed by atoms with Crippen LogP contribution in [-0.4, -0.2) is 48.6 Å². The molecule has 1 rings (SSSR count). The normalized spacial score (nSPS) is 20.2. The average molecular weight is 256 g/mol. The number of nitrogens with zero attached hydrogens (tertiary/aromatic N) is 1. The number of amides is 1. The van der Waals surface area contributed by atoms with Gasteiger partial charge in [-0.15, -0.1) is 0 Å². The Bertz CT molecular complexity index is 302. The van der Waals surface area contributed by atoms with Gasteiger partial charge in [0.25, 0.3) is 0 Å². The van der Waals surface area contributed by atoms with E-state index in [0.29, 0.717) is 6.42 Å². The predicted octanol–water partition coefficient (Wildman–Crippen LogP) is 1.56. The van der Waals surface area contributed by atoms with Crippen molar-refractivity contribution in [2.45, 2.75) is 51.2 Å². The van der Waals surface area contributed by atoms with Gasteiger partial charge in [0, 0.05) is 19.5 Å². The highest BCUT2D eigenvalue weighted by Crippen LogP contribution is 2.25. The average Bonchev–Trinajstić information content (AvgIpc) is 2.20. The van der Waals surface area contributed by atoms with E-state index in [-0.39, 0.29) is 0 Å². The second-order valence-corrected chi connectivity index (χ2v) is 6.08. The molecule has 5 nitrogen and oxygen atoms in total. The van der Waals surface area contributed by atoms with Crippen LogP contribution in [0.4, 0.5) is 4.79 Å². The van der Waals surface area contributed by atoms with Gasteiger partial charge in [0.2, 0.25) is 0 Å². The summed E-state index contributed by atoms with van der Waals surface area (Å²) in [6, 6.07) is 0. The van der Waals surface area contributed by atoms with E-state index in [1.165, 1.54) is 0 Å². The Balaban J connectivity index is 2.63. The Kier molecular flexibility index (Phi) is 4.73. The largest absolute Gasteiger partial charge is 0.444 e. The highest BCUT2D eigenvalue weighted by atomic mass is 16.6. The molecule has 0 aromatic rings. The SMILES string of the molecule is CN1CCC(CC=O)(NC(=O)OC(C)(C)C)CC1. The number of piperidine rings is 1. The van der Waals surface area contributed by atoms with Crippen molar-refractivity contribution < 1.29 is 14.3 Å². The molecular weight excluding hydrogens is 232 g/mol. The van der Waals surface area contributed by atoms with Crippen LogP contribution in [0.15, 0.2) is 0 Å². The molecule has 0 aromatic heterocycles. The van der Waals surface area contributed by atoms with Gasteiger partial charge in [-0.25, -0.2) is 4.79 Å². The van der Waals surface area contributed by atoms with Crippen molar-refractivity contribution in [3.05, 3.63) is 0 Å². The Morgan fingerprint density at radius 2 is 1.94 bits per heavy atom. The third-order valence-corrected chi connectivity index (χ3v) is 3.18. The molecule has 5 heteroatoms. The monoisotopic (exact) mass is 256 g/mol. The number of ether oxygens (including phenoxy) is 1. The van der Waals surface area contributed by atoms with Gasteiger partial charge in [0.15, 0.2) is 0 Å². The maximum Gasteiger partial charge on any atom is 0.408 e. The van der Waals surface area contributed by atoms with Crippen molar-refractivity contribution in [2.75, 3.05) is 20.1 Å². The minimum Gasteiger partial charge on any atom is -0.444 e. The number of carbonyl (C=O) groups is 2. The number of hydrogen-bond donors (Lipinski definition) is 1. The maximum atomic E-state index is 11.8. The van der Waals surface area contributed by atoms with Crippen molar-refractivity contribution in [3.8, 4) is 0 Å². The smallest absolute Gasteiger partial charge is 0.408 e. The lowest BCUT2D eigenvalue weighted by Crippen LogP contribution is -2.55.